The third-order valence-corrected chi connectivity index (χ3v) is 7.04. The number of carbonyl (C=O) groups excluding carboxylic acids is 1. The van der Waals surface area contributed by atoms with E-state index >= 15 is 0 Å². The standard InChI is InChI=1S/C25H28N8O3S/c1-16-3-4-17(15-37(35)36)11-19(16)21-13-28-24-23(26)29-20(14-33(21)24)25(34)30-22-6-5-18(12-27-22)32-9-7-31(2)8-10-32/h3-6,11-14H,7-10,15H2,1-2H3,(H2,26,29)(H,35,36)(H,27,30,34)/p-1. The van der Waals surface area contributed by atoms with Gasteiger partial charge >= 0.3 is 0 Å². The first-order chi connectivity index (χ1) is 17.8. The van der Waals surface area contributed by atoms with E-state index in [1.54, 1.807) is 41.2 Å². The molecular formula is C25H27N8O3S-. The Hall–Kier alpha value is -3.87. The van der Waals surface area contributed by atoms with Gasteiger partial charge in [0.2, 0.25) is 0 Å². The molecule has 4 aromatic rings. The molecule has 1 aliphatic rings. The highest BCUT2D eigenvalue weighted by Crippen LogP contribution is 2.28. The third-order valence-electron chi connectivity index (χ3n) is 6.47. The van der Waals surface area contributed by atoms with E-state index < -0.39 is 17.0 Å². The van der Waals surface area contributed by atoms with Gasteiger partial charge in [-0.1, -0.05) is 23.2 Å². The van der Waals surface area contributed by atoms with E-state index in [4.69, 9.17) is 5.73 Å². The first-order valence-corrected chi connectivity index (χ1v) is 13.0. The van der Waals surface area contributed by atoms with Crippen molar-refractivity contribution in [1.29, 1.82) is 0 Å². The van der Waals surface area contributed by atoms with Crippen molar-refractivity contribution in [1.82, 2.24) is 24.3 Å². The molecule has 1 amide bonds. The van der Waals surface area contributed by atoms with Gasteiger partial charge in [0, 0.05) is 43.7 Å². The number of hydrogen-bond donors (Lipinski definition) is 2. The lowest BCUT2D eigenvalue weighted by atomic mass is 10.0. The van der Waals surface area contributed by atoms with Crippen LogP contribution in [0.2, 0.25) is 0 Å². The Morgan fingerprint density at radius 3 is 2.62 bits per heavy atom. The number of imidazole rings is 1. The number of nitrogens with zero attached hydrogens (tertiary/aromatic N) is 6. The first kappa shape index (κ1) is 24.8. The molecule has 4 heterocycles. The number of fused-ring (bicyclic) bond motifs is 1. The van der Waals surface area contributed by atoms with Crippen LogP contribution in [0, 0.1) is 6.92 Å². The fourth-order valence-electron chi connectivity index (χ4n) is 4.38. The van der Waals surface area contributed by atoms with E-state index in [1.165, 1.54) is 0 Å². The minimum atomic E-state index is -2.21. The van der Waals surface area contributed by atoms with E-state index in [9.17, 15) is 13.6 Å². The molecule has 0 radical (unpaired) electrons. The number of amides is 1. The Morgan fingerprint density at radius 1 is 1.14 bits per heavy atom. The van der Waals surface area contributed by atoms with Crippen LogP contribution in [0.25, 0.3) is 16.9 Å². The quantitative estimate of drug-likeness (QED) is 0.366. The zero-order valence-corrected chi connectivity index (χ0v) is 21.4. The van der Waals surface area contributed by atoms with Gasteiger partial charge in [-0.05, 0) is 43.3 Å². The van der Waals surface area contributed by atoms with Crippen LogP contribution in [-0.4, -0.2) is 72.1 Å². The minimum Gasteiger partial charge on any atom is -0.772 e. The molecule has 11 nitrogen and oxygen atoms in total. The number of benzene rings is 1. The van der Waals surface area contributed by atoms with E-state index in [0.717, 1.165) is 43.0 Å². The van der Waals surface area contributed by atoms with Crippen LogP contribution in [0.5, 0.6) is 0 Å². The maximum Gasteiger partial charge on any atom is 0.277 e. The van der Waals surface area contributed by atoms with Crippen molar-refractivity contribution in [3.8, 4) is 11.3 Å². The summed E-state index contributed by atoms with van der Waals surface area (Å²) >= 11 is -2.21. The van der Waals surface area contributed by atoms with Crippen LogP contribution in [0.4, 0.5) is 17.3 Å². The number of hydrogen-bond acceptors (Lipinski definition) is 9. The fraction of sp³-hybridized carbons (Fsp3) is 0.280. The van der Waals surface area contributed by atoms with Gasteiger partial charge in [-0.2, -0.15) is 0 Å². The molecule has 1 aliphatic heterocycles. The van der Waals surface area contributed by atoms with Crippen molar-refractivity contribution in [2.24, 2.45) is 0 Å². The van der Waals surface area contributed by atoms with Crippen molar-refractivity contribution < 1.29 is 13.6 Å². The number of aryl methyl sites for hydroxylation is 1. The fourth-order valence-corrected chi connectivity index (χ4v) is 4.84. The van der Waals surface area contributed by atoms with Gasteiger partial charge in [0.05, 0.1) is 23.8 Å². The molecule has 3 N–H and O–H groups in total. The predicted molar refractivity (Wildman–Crippen MR) is 142 cm³/mol. The highest BCUT2D eigenvalue weighted by atomic mass is 32.2. The van der Waals surface area contributed by atoms with E-state index in [2.05, 4.69) is 37.1 Å². The molecule has 0 bridgehead atoms. The van der Waals surface area contributed by atoms with E-state index in [1.807, 2.05) is 19.1 Å². The normalized spacial score (nSPS) is 15.2. The number of piperazine rings is 1. The van der Waals surface area contributed by atoms with E-state index in [0.29, 0.717) is 22.7 Å². The highest BCUT2D eigenvalue weighted by Gasteiger charge is 2.18. The van der Waals surface area contributed by atoms with Crippen molar-refractivity contribution in [2.75, 3.05) is 49.2 Å². The van der Waals surface area contributed by atoms with Crippen molar-refractivity contribution in [3.05, 3.63) is 65.7 Å². The summed E-state index contributed by atoms with van der Waals surface area (Å²) in [6.45, 7) is 5.76. The van der Waals surface area contributed by atoms with Gasteiger partial charge in [-0.3, -0.25) is 13.4 Å². The molecule has 1 fully saturated rings. The van der Waals surface area contributed by atoms with Crippen molar-refractivity contribution in [2.45, 2.75) is 12.7 Å². The number of carbonyl (C=O) groups is 1. The summed E-state index contributed by atoms with van der Waals surface area (Å²) in [6.07, 6.45) is 4.96. The van der Waals surface area contributed by atoms with Crippen LogP contribution in [0.3, 0.4) is 0 Å². The molecule has 0 saturated carbocycles. The molecule has 37 heavy (non-hydrogen) atoms. The van der Waals surface area contributed by atoms with Crippen molar-refractivity contribution in [3.63, 3.8) is 0 Å². The van der Waals surface area contributed by atoms with Crippen LogP contribution >= 0.6 is 0 Å². The maximum atomic E-state index is 13.1. The topological polar surface area (TPSA) is 145 Å². The first-order valence-electron chi connectivity index (χ1n) is 11.8. The Balaban J connectivity index is 1.40. The number of aromatic nitrogens is 4. The summed E-state index contributed by atoms with van der Waals surface area (Å²) < 4.78 is 24.1. The predicted octanol–water partition coefficient (Wildman–Crippen LogP) is 2.07. The second-order valence-corrected chi connectivity index (χ2v) is 9.99. The number of pyridine rings is 1. The summed E-state index contributed by atoms with van der Waals surface area (Å²) in [6, 6.07) is 9.14. The average molecular weight is 520 g/mol. The zero-order chi connectivity index (χ0) is 26.1. The lowest BCUT2D eigenvalue weighted by Gasteiger charge is -2.33. The largest absolute Gasteiger partial charge is 0.772 e. The second-order valence-electron chi connectivity index (χ2n) is 9.09. The number of likely N-dealkylation sites (N-methyl/N-ethyl adjacent to an activating group) is 1. The lowest BCUT2D eigenvalue weighted by molar-refractivity contribution is 0.102. The lowest BCUT2D eigenvalue weighted by Crippen LogP contribution is -2.44. The SMILES string of the molecule is Cc1ccc(CS(=O)[O-])cc1-c1cnc2c(N)nc(C(=O)Nc3ccc(N4CCN(C)CC4)cn3)cn12. The molecule has 1 unspecified atom stereocenters. The molecule has 3 aromatic heterocycles. The number of anilines is 3. The number of nitrogen functional groups attached to an aromatic ring is 1. The van der Waals surface area contributed by atoms with Gasteiger partial charge in [0.1, 0.15) is 11.5 Å². The Bertz CT molecular complexity index is 1480. The second kappa shape index (κ2) is 10.2. The average Bonchev–Trinajstić information content (AvgIpc) is 3.30. The van der Waals surface area contributed by atoms with Gasteiger partial charge in [0.25, 0.3) is 5.91 Å². The summed E-state index contributed by atoms with van der Waals surface area (Å²) in [5.41, 5.74) is 10.7. The molecule has 1 aromatic carbocycles. The minimum absolute atomic E-state index is 0.0953. The van der Waals surface area contributed by atoms with Crippen LogP contribution < -0.4 is 16.0 Å². The van der Waals surface area contributed by atoms with Crippen LogP contribution in [-0.2, 0) is 16.8 Å². The maximum absolute atomic E-state index is 13.1. The summed E-state index contributed by atoms with van der Waals surface area (Å²) in [4.78, 5) is 30.6. The molecule has 0 spiro atoms. The van der Waals surface area contributed by atoms with Gasteiger partial charge < -0.3 is 25.4 Å². The molecule has 12 heteroatoms. The molecule has 0 aliphatic carbocycles. The Morgan fingerprint density at radius 2 is 1.92 bits per heavy atom. The third kappa shape index (κ3) is 5.31. The summed E-state index contributed by atoms with van der Waals surface area (Å²) in [5, 5.41) is 2.78. The van der Waals surface area contributed by atoms with Crippen molar-refractivity contribution >= 4 is 40.0 Å². The molecular weight excluding hydrogens is 492 g/mol. The number of nitrogens with one attached hydrogen (secondary N) is 1. The van der Waals surface area contributed by atoms with Gasteiger partial charge in [-0.15, -0.1) is 0 Å². The van der Waals surface area contributed by atoms with Gasteiger partial charge in [-0.25, -0.2) is 15.0 Å². The molecule has 5 rings (SSSR count). The van der Waals surface area contributed by atoms with Crippen LogP contribution in [0.15, 0.2) is 48.9 Å². The Labute approximate surface area is 216 Å². The number of rotatable bonds is 6. The molecule has 192 valence electrons. The zero-order valence-electron chi connectivity index (χ0n) is 20.5. The monoisotopic (exact) mass is 519 g/mol. The van der Waals surface area contributed by atoms with Crippen LogP contribution in [0.1, 0.15) is 21.6 Å². The molecule has 1 saturated heterocycles. The summed E-state index contributed by atoms with van der Waals surface area (Å²) in [7, 11) is 2.11. The highest BCUT2D eigenvalue weighted by molar-refractivity contribution is 7.78. The summed E-state index contributed by atoms with van der Waals surface area (Å²) in [5.74, 6) is -0.0440. The smallest absolute Gasteiger partial charge is 0.277 e. The molecule has 1 atom stereocenters. The number of nitrogens with two attached hydrogens (primary N) is 1. The van der Waals surface area contributed by atoms with E-state index in [-0.39, 0.29) is 17.3 Å². The van der Waals surface area contributed by atoms with Gasteiger partial charge in [0.15, 0.2) is 11.5 Å². The Kier molecular flexibility index (Phi) is 6.87.